The first kappa shape index (κ1) is 13.0. The molecule has 6 heteroatoms. The van der Waals surface area contributed by atoms with Crippen LogP contribution >= 0.6 is 0 Å². The molecule has 1 aromatic carbocycles. The number of fused-ring (bicyclic) bond motifs is 1. The summed E-state index contributed by atoms with van der Waals surface area (Å²) in [6.07, 6.45) is 2.91. The van der Waals surface area contributed by atoms with Crippen LogP contribution in [0.1, 0.15) is 10.5 Å². The fourth-order valence-corrected chi connectivity index (χ4v) is 1.88. The number of aromatic nitrogens is 3. The van der Waals surface area contributed by atoms with Crippen LogP contribution < -0.4 is 10.1 Å². The van der Waals surface area contributed by atoms with Crippen molar-refractivity contribution in [2.24, 2.45) is 0 Å². The molecule has 2 aromatic heterocycles. The second-order valence-corrected chi connectivity index (χ2v) is 4.29. The molecule has 3 aromatic rings. The van der Waals surface area contributed by atoms with Crippen LogP contribution in [-0.4, -0.2) is 28.0 Å². The van der Waals surface area contributed by atoms with Crippen molar-refractivity contribution in [3.63, 3.8) is 0 Å². The number of methoxy groups -OCH3 is 1. The Morgan fingerprint density at radius 1 is 1.10 bits per heavy atom. The average Bonchev–Trinajstić information content (AvgIpc) is 2.54. The van der Waals surface area contributed by atoms with E-state index in [-0.39, 0.29) is 5.91 Å². The van der Waals surface area contributed by atoms with E-state index in [1.54, 1.807) is 6.07 Å². The van der Waals surface area contributed by atoms with Gasteiger partial charge < -0.3 is 10.1 Å². The molecule has 0 bridgehead atoms. The van der Waals surface area contributed by atoms with Gasteiger partial charge in [-0.2, -0.15) is 4.98 Å². The van der Waals surface area contributed by atoms with Crippen LogP contribution in [0.5, 0.6) is 5.88 Å². The van der Waals surface area contributed by atoms with Gasteiger partial charge in [-0.1, -0.05) is 24.3 Å². The summed E-state index contributed by atoms with van der Waals surface area (Å²) in [7, 11) is 1.49. The molecule has 0 aliphatic carbocycles. The van der Waals surface area contributed by atoms with E-state index in [9.17, 15) is 4.79 Å². The van der Waals surface area contributed by atoms with Gasteiger partial charge in [-0.25, -0.2) is 4.98 Å². The van der Waals surface area contributed by atoms with Gasteiger partial charge in [0, 0.05) is 5.39 Å². The molecule has 6 nitrogen and oxygen atoms in total. The Hall–Kier alpha value is -3.02. The number of carbonyl (C=O) groups excluding carboxylic acids is 1. The quantitative estimate of drug-likeness (QED) is 0.796. The maximum atomic E-state index is 12.2. The van der Waals surface area contributed by atoms with Crippen LogP contribution in [0.4, 0.5) is 5.82 Å². The summed E-state index contributed by atoms with van der Waals surface area (Å²) >= 11 is 0. The first-order valence-electron chi connectivity index (χ1n) is 6.29. The van der Waals surface area contributed by atoms with Gasteiger partial charge in [0.05, 0.1) is 25.0 Å². The van der Waals surface area contributed by atoms with Gasteiger partial charge >= 0.3 is 0 Å². The van der Waals surface area contributed by atoms with Crippen molar-refractivity contribution in [1.29, 1.82) is 0 Å². The number of para-hydroxylation sites is 1. The van der Waals surface area contributed by atoms with Crippen molar-refractivity contribution >= 4 is 22.6 Å². The van der Waals surface area contributed by atoms with Crippen molar-refractivity contribution in [2.75, 3.05) is 12.4 Å². The van der Waals surface area contributed by atoms with Crippen LogP contribution in [0.15, 0.2) is 48.8 Å². The van der Waals surface area contributed by atoms with Crippen molar-refractivity contribution in [3.05, 3.63) is 54.5 Å². The second kappa shape index (κ2) is 5.54. The summed E-state index contributed by atoms with van der Waals surface area (Å²) in [5.41, 5.74) is 1.08. The van der Waals surface area contributed by atoms with E-state index in [1.807, 2.05) is 30.3 Å². The molecule has 0 aliphatic rings. The normalized spacial score (nSPS) is 10.3. The summed E-state index contributed by atoms with van der Waals surface area (Å²) in [5.74, 6) is 0.303. The maximum absolute atomic E-state index is 12.2. The van der Waals surface area contributed by atoms with Crippen molar-refractivity contribution in [1.82, 2.24) is 15.0 Å². The number of ether oxygens (including phenoxy) is 1. The number of benzene rings is 1. The number of nitrogens with one attached hydrogen (secondary N) is 1. The second-order valence-electron chi connectivity index (χ2n) is 4.29. The fourth-order valence-electron chi connectivity index (χ4n) is 1.88. The monoisotopic (exact) mass is 280 g/mol. The van der Waals surface area contributed by atoms with E-state index < -0.39 is 0 Å². The molecule has 21 heavy (non-hydrogen) atoms. The molecule has 104 valence electrons. The average molecular weight is 280 g/mol. The topological polar surface area (TPSA) is 77.0 Å². The third-order valence-electron chi connectivity index (χ3n) is 2.89. The van der Waals surface area contributed by atoms with E-state index in [0.717, 1.165) is 10.9 Å². The number of pyridine rings is 1. The van der Waals surface area contributed by atoms with Crippen LogP contribution in [0.2, 0.25) is 0 Å². The summed E-state index contributed by atoms with van der Waals surface area (Å²) < 4.78 is 4.96. The zero-order valence-corrected chi connectivity index (χ0v) is 11.3. The van der Waals surface area contributed by atoms with Crippen LogP contribution in [-0.2, 0) is 0 Å². The molecule has 0 fully saturated rings. The van der Waals surface area contributed by atoms with Crippen LogP contribution in [0.3, 0.4) is 0 Å². The van der Waals surface area contributed by atoms with E-state index in [1.165, 1.54) is 19.5 Å². The predicted molar refractivity (Wildman–Crippen MR) is 78.3 cm³/mol. The van der Waals surface area contributed by atoms with Crippen LogP contribution in [0.25, 0.3) is 10.9 Å². The van der Waals surface area contributed by atoms with Gasteiger partial charge in [0.2, 0.25) is 5.88 Å². The molecule has 2 heterocycles. The highest BCUT2D eigenvalue weighted by molar-refractivity contribution is 6.03. The maximum Gasteiger partial charge on any atom is 0.275 e. The summed E-state index contributed by atoms with van der Waals surface area (Å²) in [6, 6.07) is 11.1. The van der Waals surface area contributed by atoms with Gasteiger partial charge in [0.25, 0.3) is 5.91 Å². The SMILES string of the molecule is COc1cncc(NC(=O)c2ccc3ccccc3n2)n1. The Bertz CT molecular complexity index is 804. The molecule has 3 rings (SSSR count). The smallest absolute Gasteiger partial charge is 0.275 e. The first-order chi connectivity index (χ1) is 10.3. The molecule has 1 N–H and O–H groups in total. The van der Waals surface area contributed by atoms with Gasteiger partial charge in [-0.3, -0.25) is 9.78 Å². The number of hydrogen-bond acceptors (Lipinski definition) is 5. The van der Waals surface area contributed by atoms with Gasteiger partial charge in [-0.05, 0) is 12.1 Å². The molecular formula is C15H12N4O2. The Morgan fingerprint density at radius 2 is 1.95 bits per heavy atom. The molecule has 0 aliphatic heterocycles. The third-order valence-corrected chi connectivity index (χ3v) is 2.89. The lowest BCUT2D eigenvalue weighted by Gasteiger charge is -2.05. The molecule has 0 spiro atoms. The molecule has 1 amide bonds. The van der Waals surface area contributed by atoms with Crippen molar-refractivity contribution in [3.8, 4) is 5.88 Å². The zero-order chi connectivity index (χ0) is 14.7. The third kappa shape index (κ3) is 2.79. The lowest BCUT2D eigenvalue weighted by atomic mass is 10.2. The van der Waals surface area contributed by atoms with E-state index >= 15 is 0 Å². The number of amides is 1. The lowest BCUT2D eigenvalue weighted by molar-refractivity contribution is 0.102. The van der Waals surface area contributed by atoms with Crippen LogP contribution in [0, 0.1) is 0 Å². The molecule has 0 saturated carbocycles. The predicted octanol–water partition coefficient (Wildman–Crippen LogP) is 2.29. The minimum Gasteiger partial charge on any atom is -0.480 e. The number of anilines is 1. The Kier molecular flexibility index (Phi) is 3.42. The number of rotatable bonds is 3. The lowest BCUT2D eigenvalue weighted by Crippen LogP contribution is -2.15. The Labute approximate surface area is 120 Å². The minimum atomic E-state index is -0.344. The van der Waals surface area contributed by atoms with Gasteiger partial charge in [-0.15, -0.1) is 0 Å². The largest absolute Gasteiger partial charge is 0.480 e. The van der Waals surface area contributed by atoms with Crippen molar-refractivity contribution in [2.45, 2.75) is 0 Å². The van der Waals surface area contributed by atoms with E-state index in [4.69, 9.17) is 4.74 Å². The first-order valence-corrected chi connectivity index (χ1v) is 6.29. The number of carbonyl (C=O) groups is 1. The Morgan fingerprint density at radius 3 is 2.81 bits per heavy atom. The highest BCUT2D eigenvalue weighted by atomic mass is 16.5. The Balaban J connectivity index is 1.86. The molecular weight excluding hydrogens is 268 g/mol. The molecule has 0 atom stereocenters. The summed E-state index contributed by atoms with van der Waals surface area (Å²) in [4.78, 5) is 24.5. The summed E-state index contributed by atoms with van der Waals surface area (Å²) in [6.45, 7) is 0. The highest BCUT2D eigenvalue weighted by Crippen LogP contribution is 2.13. The fraction of sp³-hybridized carbons (Fsp3) is 0.0667. The van der Waals surface area contributed by atoms with E-state index in [2.05, 4.69) is 20.3 Å². The number of nitrogens with zero attached hydrogens (tertiary/aromatic N) is 3. The van der Waals surface area contributed by atoms with Gasteiger partial charge in [0.15, 0.2) is 5.82 Å². The van der Waals surface area contributed by atoms with Gasteiger partial charge in [0.1, 0.15) is 5.69 Å². The molecule has 0 radical (unpaired) electrons. The molecule has 0 unspecified atom stereocenters. The minimum absolute atomic E-state index is 0.314. The van der Waals surface area contributed by atoms with Crippen molar-refractivity contribution < 1.29 is 9.53 Å². The summed E-state index contributed by atoms with van der Waals surface area (Å²) in [5, 5.41) is 3.62. The zero-order valence-electron chi connectivity index (χ0n) is 11.3. The molecule has 0 saturated heterocycles. The highest BCUT2D eigenvalue weighted by Gasteiger charge is 2.10. The standard InChI is InChI=1S/C15H12N4O2/c1-21-14-9-16-8-13(18-14)19-15(20)12-7-6-10-4-2-3-5-11(10)17-12/h2-9H,1H3,(H,18,19,20). The number of hydrogen-bond donors (Lipinski definition) is 1. The van der Waals surface area contributed by atoms with E-state index in [0.29, 0.717) is 17.4 Å².